The highest BCUT2D eigenvalue weighted by molar-refractivity contribution is 5.91. The topological polar surface area (TPSA) is 64.4 Å². The lowest BCUT2D eigenvalue weighted by Crippen LogP contribution is -2.34. The van der Waals surface area contributed by atoms with Crippen LogP contribution in [0.25, 0.3) is 5.69 Å². The first-order chi connectivity index (χ1) is 11.7. The molecule has 0 saturated heterocycles. The van der Waals surface area contributed by atoms with Crippen LogP contribution in [-0.4, -0.2) is 46.3 Å². The van der Waals surface area contributed by atoms with Crippen molar-refractivity contribution in [2.24, 2.45) is 0 Å². The molecular weight excluding hydrogens is 306 g/mol. The fourth-order valence-electron chi connectivity index (χ4n) is 2.04. The van der Waals surface area contributed by atoms with Crippen molar-refractivity contribution in [3.8, 4) is 5.69 Å². The van der Waals surface area contributed by atoms with Gasteiger partial charge in [0, 0.05) is 19.3 Å². The third-order valence-electron chi connectivity index (χ3n) is 3.22. The van der Waals surface area contributed by atoms with Crippen molar-refractivity contribution >= 4 is 11.9 Å². The average Bonchev–Trinajstić information content (AvgIpc) is 3.10. The van der Waals surface area contributed by atoms with E-state index in [4.69, 9.17) is 4.74 Å². The zero-order valence-electron chi connectivity index (χ0n) is 13.3. The van der Waals surface area contributed by atoms with Gasteiger partial charge in [-0.2, -0.15) is 5.10 Å². The number of ether oxygens (including phenoxy) is 1. The highest BCUT2D eigenvalue weighted by atomic mass is 16.5. The Labute approximate surface area is 140 Å². The molecule has 0 bridgehead atoms. The van der Waals surface area contributed by atoms with Crippen LogP contribution in [0.2, 0.25) is 0 Å². The van der Waals surface area contributed by atoms with Crippen LogP contribution < -0.4 is 0 Å². The van der Waals surface area contributed by atoms with Crippen LogP contribution >= 0.6 is 0 Å². The summed E-state index contributed by atoms with van der Waals surface area (Å²) in [4.78, 5) is 25.6. The van der Waals surface area contributed by atoms with Crippen LogP contribution in [-0.2, 0) is 9.53 Å². The number of esters is 1. The van der Waals surface area contributed by atoms with Crippen LogP contribution in [0.5, 0.6) is 0 Å². The van der Waals surface area contributed by atoms with Gasteiger partial charge in [-0.05, 0) is 12.1 Å². The minimum atomic E-state index is -0.595. The zero-order chi connectivity index (χ0) is 17.4. The maximum absolute atomic E-state index is 12.0. The van der Waals surface area contributed by atoms with Gasteiger partial charge in [-0.3, -0.25) is 4.79 Å². The van der Waals surface area contributed by atoms with E-state index in [1.54, 1.807) is 23.0 Å². The summed E-state index contributed by atoms with van der Waals surface area (Å²) in [6.45, 7) is 7.59. The molecule has 1 aromatic carbocycles. The number of carbonyl (C=O) groups is 2. The summed E-state index contributed by atoms with van der Waals surface area (Å²) in [6, 6.07) is 9.39. The molecule has 1 aromatic heterocycles. The number of hydrogen-bond donors (Lipinski definition) is 0. The standard InChI is InChI=1S/C18H19N3O3/c1-3-10-20(11-4-2)17(22)14-24-18(23)15-12-19-21(13-15)16-8-6-5-7-9-16/h3-9,12-13H,1-2,10-11,14H2. The van der Waals surface area contributed by atoms with Gasteiger partial charge >= 0.3 is 5.97 Å². The lowest BCUT2D eigenvalue weighted by Gasteiger charge is -2.18. The van der Waals surface area contributed by atoms with Gasteiger partial charge in [-0.25, -0.2) is 9.48 Å². The second kappa shape index (κ2) is 8.47. The number of para-hydroxylation sites is 1. The molecule has 6 nitrogen and oxygen atoms in total. The minimum absolute atomic E-state index is 0.283. The smallest absolute Gasteiger partial charge is 0.341 e. The maximum atomic E-state index is 12.0. The highest BCUT2D eigenvalue weighted by Crippen LogP contribution is 2.08. The van der Waals surface area contributed by atoms with Crippen LogP contribution in [0.4, 0.5) is 0 Å². The Morgan fingerprint density at radius 1 is 1.17 bits per heavy atom. The van der Waals surface area contributed by atoms with E-state index in [1.807, 2.05) is 30.3 Å². The lowest BCUT2D eigenvalue weighted by molar-refractivity contribution is -0.133. The van der Waals surface area contributed by atoms with Crippen LogP contribution in [0, 0.1) is 0 Å². The summed E-state index contributed by atoms with van der Waals surface area (Å²) in [5, 5.41) is 4.12. The Hall–Kier alpha value is -3.15. The molecule has 0 aliphatic rings. The molecule has 0 N–H and O–H groups in total. The second-order valence-corrected chi connectivity index (χ2v) is 4.96. The summed E-state index contributed by atoms with van der Waals surface area (Å²) in [6.07, 6.45) is 6.18. The zero-order valence-corrected chi connectivity index (χ0v) is 13.3. The van der Waals surface area contributed by atoms with E-state index in [0.29, 0.717) is 13.1 Å². The van der Waals surface area contributed by atoms with E-state index in [-0.39, 0.29) is 18.1 Å². The summed E-state index contributed by atoms with van der Waals surface area (Å²) in [7, 11) is 0. The van der Waals surface area contributed by atoms with Crippen molar-refractivity contribution in [2.45, 2.75) is 0 Å². The number of nitrogens with zero attached hydrogens (tertiary/aromatic N) is 3. The van der Waals surface area contributed by atoms with Crippen molar-refractivity contribution in [2.75, 3.05) is 19.7 Å². The Morgan fingerprint density at radius 2 is 1.83 bits per heavy atom. The molecule has 0 spiro atoms. The Kier molecular flexibility index (Phi) is 6.08. The average molecular weight is 325 g/mol. The van der Waals surface area contributed by atoms with Crippen molar-refractivity contribution in [3.05, 3.63) is 73.6 Å². The van der Waals surface area contributed by atoms with Crippen LogP contribution in [0.1, 0.15) is 10.4 Å². The van der Waals surface area contributed by atoms with Crippen molar-refractivity contribution < 1.29 is 14.3 Å². The molecule has 1 amide bonds. The third-order valence-corrected chi connectivity index (χ3v) is 3.22. The van der Waals surface area contributed by atoms with E-state index in [0.717, 1.165) is 5.69 Å². The predicted molar refractivity (Wildman–Crippen MR) is 90.8 cm³/mol. The van der Waals surface area contributed by atoms with Gasteiger partial charge < -0.3 is 9.64 Å². The second-order valence-electron chi connectivity index (χ2n) is 4.96. The summed E-state index contributed by atoms with van der Waals surface area (Å²) in [5.41, 5.74) is 1.11. The number of aromatic nitrogens is 2. The van der Waals surface area contributed by atoms with Gasteiger partial charge in [0.15, 0.2) is 6.61 Å². The molecule has 0 radical (unpaired) electrons. The molecule has 24 heavy (non-hydrogen) atoms. The first-order valence-electron chi connectivity index (χ1n) is 7.42. The number of hydrogen-bond acceptors (Lipinski definition) is 4. The summed E-state index contributed by atoms with van der Waals surface area (Å²) >= 11 is 0. The van der Waals surface area contributed by atoms with E-state index in [1.165, 1.54) is 11.1 Å². The Morgan fingerprint density at radius 3 is 2.46 bits per heavy atom. The monoisotopic (exact) mass is 325 g/mol. The molecule has 124 valence electrons. The number of rotatable bonds is 8. The number of benzene rings is 1. The number of amides is 1. The van der Waals surface area contributed by atoms with Gasteiger partial charge in [0.1, 0.15) is 0 Å². The molecule has 0 aliphatic heterocycles. The van der Waals surface area contributed by atoms with E-state index >= 15 is 0 Å². The molecule has 0 atom stereocenters. The fourth-order valence-corrected chi connectivity index (χ4v) is 2.04. The Bertz CT molecular complexity index is 712. The van der Waals surface area contributed by atoms with Crippen LogP contribution in [0.3, 0.4) is 0 Å². The first kappa shape index (κ1) is 17.2. The van der Waals surface area contributed by atoms with Crippen molar-refractivity contribution in [3.63, 3.8) is 0 Å². The molecule has 0 saturated carbocycles. The predicted octanol–water partition coefficient (Wildman–Crippen LogP) is 2.23. The van der Waals surface area contributed by atoms with E-state index in [9.17, 15) is 9.59 Å². The maximum Gasteiger partial charge on any atom is 0.341 e. The Balaban J connectivity index is 1.95. The first-order valence-corrected chi connectivity index (χ1v) is 7.42. The molecule has 2 aromatic rings. The molecule has 0 unspecified atom stereocenters. The molecule has 0 aliphatic carbocycles. The summed E-state index contributed by atoms with van der Waals surface area (Å²) < 4.78 is 6.63. The van der Waals surface area contributed by atoms with Gasteiger partial charge in [0.25, 0.3) is 5.91 Å². The molecule has 6 heteroatoms. The van der Waals surface area contributed by atoms with Crippen LogP contribution in [0.15, 0.2) is 68.0 Å². The molecular formula is C18H19N3O3. The quantitative estimate of drug-likeness (QED) is 0.551. The minimum Gasteiger partial charge on any atom is -0.452 e. The van der Waals surface area contributed by atoms with Gasteiger partial charge in [-0.15, -0.1) is 13.2 Å². The SMILES string of the molecule is C=CCN(CC=C)C(=O)COC(=O)c1cnn(-c2ccccc2)c1. The van der Waals surface area contributed by atoms with Gasteiger partial charge in [-0.1, -0.05) is 30.4 Å². The summed E-state index contributed by atoms with van der Waals surface area (Å²) in [5.74, 6) is -0.902. The van der Waals surface area contributed by atoms with Crippen molar-refractivity contribution in [1.29, 1.82) is 0 Å². The molecule has 0 fully saturated rings. The largest absolute Gasteiger partial charge is 0.452 e. The normalized spacial score (nSPS) is 10.0. The third kappa shape index (κ3) is 4.42. The fraction of sp³-hybridized carbons (Fsp3) is 0.167. The molecule has 1 heterocycles. The van der Waals surface area contributed by atoms with E-state index in [2.05, 4.69) is 18.3 Å². The van der Waals surface area contributed by atoms with E-state index < -0.39 is 5.97 Å². The van der Waals surface area contributed by atoms with Gasteiger partial charge in [0.05, 0.1) is 17.4 Å². The molecule has 2 rings (SSSR count). The lowest BCUT2D eigenvalue weighted by atomic mass is 10.3. The highest BCUT2D eigenvalue weighted by Gasteiger charge is 2.16. The number of carbonyl (C=O) groups excluding carboxylic acids is 2. The van der Waals surface area contributed by atoms with Gasteiger partial charge in [0.2, 0.25) is 0 Å². The van der Waals surface area contributed by atoms with Crippen molar-refractivity contribution in [1.82, 2.24) is 14.7 Å².